The second-order valence-corrected chi connectivity index (χ2v) is 20.8. The first-order chi connectivity index (χ1) is 34.8. The number of ether oxygens (including phenoxy) is 2. The van der Waals surface area contributed by atoms with Crippen LogP contribution in [0.25, 0.3) is 0 Å². The molecule has 71 heavy (non-hydrogen) atoms. The molecule has 9 nitrogen and oxygen atoms in total. The smallest absolute Gasteiger partial charge is 0.220 e. The molecule has 0 bridgehead atoms. The van der Waals surface area contributed by atoms with Crippen LogP contribution in [0.3, 0.4) is 0 Å². The van der Waals surface area contributed by atoms with Gasteiger partial charge in [-0.15, -0.1) is 0 Å². The number of nitrogens with one attached hydrogen (secondary N) is 1. The highest BCUT2D eigenvalue weighted by Crippen LogP contribution is 2.23. The Hall–Kier alpha value is -2.11. The maximum absolute atomic E-state index is 13.1. The summed E-state index contributed by atoms with van der Waals surface area (Å²) in [6.07, 6.45) is 62.9. The molecule has 6 N–H and O–H groups in total. The normalized spacial score (nSPS) is 19.7. The molecular formula is C62H113NO8. The fourth-order valence-electron chi connectivity index (χ4n) is 9.30. The predicted molar refractivity (Wildman–Crippen MR) is 299 cm³/mol. The molecule has 1 fully saturated rings. The Morgan fingerprint density at radius 2 is 0.845 bits per heavy atom. The van der Waals surface area contributed by atoms with Crippen LogP contribution in [0.4, 0.5) is 0 Å². The molecule has 1 amide bonds. The quantitative estimate of drug-likeness (QED) is 0.0261. The molecule has 0 spiro atoms. The number of aliphatic hydroxyl groups is 5. The summed E-state index contributed by atoms with van der Waals surface area (Å²) in [5.74, 6) is -0.190. The van der Waals surface area contributed by atoms with Crippen molar-refractivity contribution in [3.8, 4) is 0 Å². The van der Waals surface area contributed by atoms with E-state index in [1.165, 1.54) is 199 Å². The van der Waals surface area contributed by atoms with Crippen molar-refractivity contribution < 1.29 is 39.8 Å². The predicted octanol–water partition coefficient (Wildman–Crippen LogP) is 15.1. The van der Waals surface area contributed by atoms with Gasteiger partial charge in [-0.25, -0.2) is 0 Å². The molecule has 7 atom stereocenters. The third-order valence-electron chi connectivity index (χ3n) is 14.1. The molecule has 1 heterocycles. The fourth-order valence-corrected chi connectivity index (χ4v) is 9.30. The first kappa shape index (κ1) is 66.9. The molecule has 1 saturated heterocycles. The molecule has 0 radical (unpaired) electrons. The van der Waals surface area contributed by atoms with E-state index in [1.807, 2.05) is 6.08 Å². The summed E-state index contributed by atoms with van der Waals surface area (Å²) in [7, 11) is 0. The number of rotatable bonds is 51. The van der Waals surface area contributed by atoms with Crippen molar-refractivity contribution in [2.24, 2.45) is 0 Å². The van der Waals surface area contributed by atoms with E-state index in [-0.39, 0.29) is 12.5 Å². The highest BCUT2D eigenvalue weighted by atomic mass is 16.7. The number of carbonyl (C=O) groups is 1. The summed E-state index contributed by atoms with van der Waals surface area (Å²) in [4.78, 5) is 13.1. The number of allylic oxidation sites excluding steroid dienone is 9. The molecule has 0 aromatic rings. The molecule has 1 aliphatic heterocycles. The highest BCUT2D eigenvalue weighted by Gasteiger charge is 2.44. The van der Waals surface area contributed by atoms with Crippen LogP contribution in [0.5, 0.6) is 0 Å². The third-order valence-corrected chi connectivity index (χ3v) is 14.1. The average Bonchev–Trinajstić information content (AvgIpc) is 3.37. The number of unbranched alkanes of at least 4 members (excludes halogenated alkanes) is 33. The minimum atomic E-state index is -1.58. The van der Waals surface area contributed by atoms with E-state index in [9.17, 15) is 30.3 Å². The highest BCUT2D eigenvalue weighted by molar-refractivity contribution is 5.76. The minimum Gasteiger partial charge on any atom is -0.394 e. The van der Waals surface area contributed by atoms with Gasteiger partial charge in [-0.3, -0.25) is 4.79 Å². The van der Waals surface area contributed by atoms with Crippen LogP contribution in [0.15, 0.2) is 60.8 Å². The number of amides is 1. The standard InChI is InChI=1S/C62H113NO8/c1-3-5-7-9-11-13-15-17-19-21-23-25-27-28-30-32-34-36-38-40-42-44-46-48-50-52-58(66)63-55(54-70-62-61(69)60(68)59(67)57(53-64)71-62)56(65)51-49-47-45-43-41-39-37-35-33-31-29-26-24-22-20-18-16-14-12-10-8-6-4-2/h15,17,21,23,27-28,41,43,49,51,55-57,59-62,64-65,67-69H,3-14,16,18-20,22,24-26,29-40,42,44-48,50,52-54H2,1-2H3,(H,63,66)/b17-15-,23-21-,28-27-,43-41+,51-49+. The van der Waals surface area contributed by atoms with Gasteiger partial charge in [-0.05, 0) is 70.6 Å². The monoisotopic (exact) mass is 1000 g/mol. The van der Waals surface area contributed by atoms with Crippen molar-refractivity contribution in [3.63, 3.8) is 0 Å². The molecule has 0 aliphatic carbocycles. The van der Waals surface area contributed by atoms with Crippen molar-refractivity contribution in [2.75, 3.05) is 13.2 Å². The number of aliphatic hydroxyl groups excluding tert-OH is 5. The van der Waals surface area contributed by atoms with E-state index in [0.717, 1.165) is 51.4 Å². The van der Waals surface area contributed by atoms with Gasteiger partial charge < -0.3 is 40.3 Å². The fraction of sp³-hybridized carbons (Fsp3) is 0.823. The third kappa shape index (κ3) is 40.9. The molecular weight excluding hydrogens is 887 g/mol. The lowest BCUT2D eigenvalue weighted by Crippen LogP contribution is -2.60. The number of hydrogen-bond acceptors (Lipinski definition) is 8. The summed E-state index contributed by atoms with van der Waals surface area (Å²) >= 11 is 0. The van der Waals surface area contributed by atoms with Gasteiger partial charge in [0.1, 0.15) is 24.4 Å². The number of hydrogen-bond donors (Lipinski definition) is 6. The van der Waals surface area contributed by atoms with Crippen LogP contribution in [0.2, 0.25) is 0 Å². The molecule has 0 saturated carbocycles. The van der Waals surface area contributed by atoms with E-state index in [4.69, 9.17) is 9.47 Å². The second kappa shape index (κ2) is 51.4. The zero-order chi connectivity index (χ0) is 51.5. The summed E-state index contributed by atoms with van der Waals surface area (Å²) in [5, 5.41) is 54.5. The SMILES string of the molecule is CCCCCCC/C=C\C/C=C\C/C=C\CCCCCCCCCCCCC(=O)NC(COC1OC(CO)C(O)C(O)C1O)C(O)/C=C/CC/C=C/CCCCCCCCCCCCCCCCCCC. The van der Waals surface area contributed by atoms with Crippen molar-refractivity contribution in [2.45, 2.75) is 314 Å². The van der Waals surface area contributed by atoms with Crippen LogP contribution in [-0.2, 0) is 14.3 Å². The average molecular weight is 1000 g/mol. The Kier molecular flexibility index (Phi) is 48.4. The van der Waals surface area contributed by atoms with Crippen LogP contribution < -0.4 is 5.32 Å². The van der Waals surface area contributed by atoms with Crippen LogP contribution >= 0.6 is 0 Å². The number of carbonyl (C=O) groups excluding carboxylic acids is 1. The summed E-state index contributed by atoms with van der Waals surface area (Å²) in [6.45, 7) is 3.77. The van der Waals surface area contributed by atoms with Crippen molar-refractivity contribution in [1.82, 2.24) is 5.32 Å². The molecule has 9 heteroatoms. The maximum Gasteiger partial charge on any atom is 0.220 e. The Balaban J connectivity index is 2.25. The second-order valence-electron chi connectivity index (χ2n) is 20.8. The van der Waals surface area contributed by atoms with E-state index < -0.39 is 49.5 Å². The van der Waals surface area contributed by atoms with E-state index >= 15 is 0 Å². The van der Waals surface area contributed by atoms with Crippen molar-refractivity contribution >= 4 is 5.91 Å². The summed E-state index contributed by atoms with van der Waals surface area (Å²) in [5.41, 5.74) is 0. The lowest BCUT2D eigenvalue weighted by atomic mass is 9.99. The zero-order valence-corrected chi connectivity index (χ0v) is 46.0. The van der Waals surface area contributed by atoms with E-state index in [1.54, 1.807) is 6.08 Å². The Morgan fingerprint density at radius 3 is 1.28 bits per heavy atom. The largest absolute Gasteiger partial charge is 0.394 e. The summed E-state index contributed by atoms with van der Waals surface area (Å²) in [6, 6.07) is -0.827. The van der Waals surface area contributed by atoms with Crippen LogP contribution in [-0.4, -0.2) is 87.5 Å². The van der Waals surface area contributed by atoms with Crippen molar-refractivity contribution in [3.05, 3.63) is 60.8 Å². The van der Waals surface area contributed by atoms with E-state index in [0.29, 0.717) is 6.42 Å². The first-order valence-electron chi connectivity index (χ1n) is 30.0. The zero-order valence-electron chi connectivity index (χ0n) is 46.0. The molecule has 1 aliphatic rings. The van der Waals surface area contributed by atoms with Crippen molar-refractivity contribution in [1.29, 1.82) is 0 Å². The van der Waals surface area contributed by atoms with Gasteiger partial charge >= 0.3 is 0 Å². The van der Waals surface area contributed by atoms with Gasteiger partial charge in [0, 0.05) is 6.42 Å². The topological polar surface area (TPSA) is 149 Å². The lowest BCUT2D eigenvalue weighted by Gasteiger charge is -2.40. The Labute approximate surface area is 436 Å². The lowest BCUT2D eigenvalue weighted by molar-refractivity contribution is -0.302. The minimum absolute atomic E-state index is 0.190. The van der Waals surface area contributed by atoms with Crippen LogP contribution in [0, 0.1) is 0 Å². The van der Waals surface area contributed by atoms with Gasteiger partial charge in [0.25, 0.3) is 0 Å². The summed E-state index contributed by atoms with van der Waals surface area (Å²) < 4.78 is 11.3. The van der Waals surface area contributed by atoms with Gasteiger partial charge in [0.2, 0.25) is 5.91 Å². The van der Waals surface area contributed by atoms with Gasteiger partial charge in [-0.1, -0.05) is 254 Å². The molecule has 414 valence electrons. The van der Waals surface area contributed by atoms with Gasteiger partial charge in [0.05, 0.1) is 25.4 Å². The molecule has 0 aromatic heterocycles. The molecule has 7 unspecified atom stereocenters. The van der Waals surface area contributed by atoms with Crippen LogP contribution in [0.1, 0.15) is 271 Å². The Bertz CT molecular complexity index is 1300. The first-order valence-corrected chi connectivity index (χ1v) is 30.0. The van der Waals surface area contributed by atoms with Gasteiger partial charge in [0.15, 0.2) is 6.29 Å². The Morgan fingerprint density at radius 1 is 0.479 bits per heavy atom. The maximum atomic E-state index is 13.1. The van der Waals surface area contributed by atoms with E-state index in [2.05, 4.69) is 67.8 Å². The van der Waals surface area contributed by atoms with Gasteiger partial charge in [-0.2, -0.15) is 0 Å². The molecule has 1 rings (SSSR count). The molecule has 0 aromatic carbocycles.